The van der Waals surface area contributed by atoms with Crippen LogP contribution >= 0.6 is 11.3 Å². The lowest BCUT2D eigenvalue weighted by Gasteiger charge is -2.14. The Hall–Kier alpha value is -3.76. The molecule has 10 heteroatoms. The molecule has 2 aromatic carbocycles. The average Bonchev–Trinajstić information content (AvgIpc) is 3.40. The van der Waals surface area contributed by atoms with Gasteiger partial charge in [0, 0.05) is 18.4 Å². The molecule has 0 spiro atoms. The zero-order valence-corrected chi connectivity index (χ0v) is 18.4. The summed E-state index contributed by atoms with van der Waals surface area (Å²) in [6, 6.07) is 14.8. The molecule has 4 rings (SSSR count). The highest BCUT2D eigenvalue weighted by molar-refractivity contribution is 7.14. The summed E-state index contributed by atoms with van der Waals surface area (Å²) in [5.74, 6) is -1.98. The van der Waals surface area contributed by atoms with Gasteiger partial charge >= 0.3 is 12.1 Å². The number of amides is 2. The Bertz CT molecular complexity index is 1150. The first-order valence-corrected chi connectivity index (χ1v) is 11.0. The normalized spacial score (nSPS) is 13.0. The molecule has 1 heterocycles. The summed E-state index contributed by atoms with van der Waals surface area (Å²) in [6.07, 6.45) is -0.694. The Kier molecular flexibility index (Phi) is 6.66. The first-order chi connectivity index (χ1) is 16.0. The fourth-order valence-corrected chi connectivity index (χ4v) is 4.41. The van der Waals surface area contributed by atoms with Crippen molar-refractivity contribution < 1.29 is 29.0 Å². The van der Waals surface area contributed by atoms with Crippen LogP contribution < -0.4 is 10.6 Å². The largest absolute Gasteiger partial charge is 0.480 e. The molecule has 1 aliphatic carbocycles. The minimum Gasteiger partial charge on any atom is -0.480 e. The average molecular weight is 468 g/mol. The van der Waals surface area contributed by atoms with Crippen LogP contribution in [0.5, 0.6) is 0 Å². The second-order valence-electron chi connectivity index (χ2n) is 7.31. The molecule has 0 aliphatic heterocycles. The first kappa shape index (κ1) is 22.4. The SMILES string of the molecule is COC[C@H](NC(=O)c1csc(NC(=O)OCC2c3ccccc3-c3ccccc32)n1)C(=O)O. The summed E-state index contributed by atoms with van der Waals surface area (Å²) in [7, 11) is 1.33. The zero-order chi connectivity index (χ0) is 23.4. The molecule has 0 unspecified atom stereocenters. The molecule has 3 N–H and O–H groups in total. The molecule has 0 fully saturated rings. The number of nitrogens with zero attached hydrogens (tertiary/aromatic N) is 1. The monoisotopic (exact) mass is 467 g/mol. The third-order valence-corrected chi connectivity index (χ3v) is 5.98. The second-order valence-corrected chi connectivity index (χ2v) is 8.17. The van der Waals surface area contributed by atoms with E-state index < -0.39 is 24.0 Å². The van der Waals surface area contributed by atoms with Crippen LogP contribution in [-0.4, -0.2) is 54.4 Å². The van der Waals surface area contributed by atoms with Crippen molar-refractivity contribution in [2.75, 3.05) is 25.6 Å². The number of ether oxygens (including phenoxy) is 2. The number of aliphatic carboxylic acids is 1. The number of thiazole rings is 1. The van der Waals surface area contributed by atoms with Gasteiger partial charge in [-0.05, 0) is 22.3 Å². The van der Waals surface area contributed by atoms with E-state index in [0.717, 1.165) is 33.6 Å². The number of anilines is 1. The minimum absolute atomic E-state index is 0.0173. The van der Waals surface area contributed by atoms with E-state index in [-0.39, 0.29) is 30.0 Å². The van der Waals surface area contributed by atoms with Gasteiger partial charge in [0.1, 0.15) is 12.3 Å². The van der Waals surface area contributed by atoms with Crippen molar-refractivity contribution in [3.05, 3.63) is 70.7 Å². The number of rotatable bonds is 8. The maximum atomic E-state index is 12.4. The number of aromatic nitrogens is 1. The number of carbonyl (C=O) groups excluding carboxylic acids is 2. The highest BCUT2D eigenvalue weighted by Gasteiger charge is 2.29. The van der Waals surface area contributed by atoms with E-state index in [0.29, 0.717) is 0 Å². The van der Waals surface area contributed by atoms with Crippen molar-refractivity contribution in [2.45, 2.75) is 12.0 Å². The quantitative estimate of drug-likeness (QED) is 0.464. The topological polar surface area (TPSA) is 127 Å². The molecule has 0 saturated carbocycles. The Morgan fingerprint density at radius 3 is 2.33 bits per heavy atom. The lowest BCUT2D eigenvalue weighted by Crippen LogP contribution is -2.43. The van der Waals surface area contributed by atoms with Crippen molar-refractivity contribution in [1.29, 1.82) is 0 Å². The Morgan fingerprint density at radius 1 is 1.09 bits per heavy atom. The van der Waals surface area contributed by atoms with Crippen molar-refractivity contribution >= 4 is 34.4 Å². The van der Waals surface area contributed by atoms with Gasteiger partial charge in [-0.15, -0.1) is 11.3 Å². The minimum atomic E-state index is -1.22. The van der Waals surface area contributed by atoms with Crippen molar-refractivity contribution in [1.82, 2.24) is 10.3 Å². The number of nitrogens with one attached hydrogen (secondary N) is 2. The van der Waals surface area contributed by atoms with E-state index in [4.69, 9.17) is 14.6 Å². The predicted octanol–water partition coefficient (Wildman–Crippen LogP) is 3.33. The number of hydrogen-bond donors (Lipinski definition) is 3. The molecular weight excluding hydrogens is 446 g/mol. The molecule has 0 bridgehead atoms. The molecule has 170 valence electrons. The van der Waals surface area contributed by atoms with Crippen LogP contribution in [0.3, 0.4) is 0 Å². The van der Waals surface area contributed by atoms with E-state index in [1.807, 2.05) is 36.4 Å². The van der Waals surface area contributed by atoms with Crippen LogP contribution in [0.15, 0.2) is 53.9 Å². The molecule has 1 atom stereocenters. The highest BCUT2D eigenvalue weighted by atomic mass is 32.1. The van der Waals surface area contributed by atoms with Gasteiger partial charge in [0.25, 0.3) is 5.91 Å². The van der Waals surface area contributed by atoms with E-state index in [1.54, 1.807) is 0 Å². The molecule has 2 amide bonds. The van der Waals surface area contributed by atoms with E-state index >= 15 is 0 Å². The maximum absolute atomic E-state index is 12.4. The summed E-state index contributed by atoms with van der Waals surface area (Å²) in [6.45, 7) is -0.0358. The first-order valence-electron chi connectivity index (χ1n) is 10.1. The van der Waals surface area contributed by atoms with Crippen LogP contribution in [0.2, 0.25) is 0 Å². The predicted molar refractivity (Wildman–Crippen MR) is 122 cm³/mol. The molecule has 33 heavy (non-hydrogen) atoms. The highest BCUT2D eigenvalue weighted by Crippen LogP contribution is 2.44. The van der Waals surface area contributed by atoms with Crippen LogP contribution in [-0.2, 0) is 14.3 Å². The Labute approximate surface area is 193 Å². The summed E-state index contributed by atoms with van der Waals surface area (Å²) in [5, 5.41) is 15.5. The third kappa shape index (κ3) is 4.86. The van der Waals surface area contributed by atoms with Crippen molar-refractivity contribution in [3.63, 3.8) is 0 Å². The maximum Gasteiger partial charge on any atom is 0.413 e. The number of methoxy groups -OCH3 is 1. The third-order valence-electron chi connectivity index (χ3n) is 5.23. The smallest absolute Gasteiger partial charge is 0.413 e. The number of carboxylic acid groups (broad SMARTS) is 1. The van der Waals surface area contributed by atoms with Gasteiger partial charge in [-0.2, -0.15) is 0 Å². The van der Waals surface area contributed by atoms with Gasteiger partial charge in [-0.3, -0.25) is 10.1 Å². The number of carboxylic acids is 1. The van der Waals surface area contributed by atoms with Crippen LogP contribution in [0.25, 0.3) is 11.1 Å². The Balaban J connectivity index is 1.36. The zero-order valence-electron chi connectivity index (χ0n) is 17.6. The van der Waals surface area contributed by atoms with Gasteiger partial charge in [0.2, 0.25) is 0 Å². The van der Waals surface area contributed by atoms with E-state index in [2.05, 4.69) is 27.8 Å². The second kappa shape index (κ2) is 9.80. The van der Waals surface area contributed by atoms with Gasteiger partial charge < -0.3 is 19.9 Å². The number of fused-ring (bicyclic) bond motifs is 3. The summed E-state index contributed by atoms with van der Waals surface area (Å²) in [4.78, 5) is 39.8. The number of carbonyl (C=O) groups is 3. The summed E-state index contributed by atoms with van der Waals surface area (Å²) < 4.78 is 10.2. The number of hydrogen-bond acceptors (Lipinski definition) is 7. The van der Waals surface area contributed by atoms with Gasteiger partial charge in [0.05, 0.1) is 6.61 Å². The van der Waals surface area contributed by atoms with E-state index in [1.165, 1.54) is 12.5 Å². The van der Waals surface area contributed by atoms with Crippen LogP contribution in [0.4, 0.5) is 9.93 Å². The number of benzene rings is 2. The van der Waals surface area contributed by atoms with Gasteiger partial charge in [-0.1, -0.05) is 48.5 Å². The standard InChI is InChI=1S/C23H21N3O6S/c1-31-11-18(21(28)29)24-20(27)19-12-33-22(25-19)26-23(30)32-10-17-15-8-4-2-6-13(15)14-7-3-5-9-16(14)17/h2-9,12,17-18H,10-11H2,1H3,(H,24,27)(H,28,29)(H,25,26,30)/t18-/m0/s1. The van der Waals surface area contributed by atoms with Crippen molar-refractivity contribution in [3.8, 4) is 11.1 Å². The molecule has 9 nitrogen and oxygen atoms in total. The van der Waals surface area contributed by atoms with Crippen LogP contribution in [0, 0.1) is 0 Å². The molecule has 3 aromatic rings. The molecule has 0 saturated heterocycles. The lowest BCUT2D eigenvalue weighted by molar-refractivity contribution is -0.140. The fourth-order valence-electron chi connectivity index (χ4n) is 3.73. The molecule has 1 aromatic heterocycles. The fraction of sp³-hybridized carbons (Fsp3) is 0.217. The van der Waals surface area contributed by atoms with Gasteiger partial charge in [0.15, 0.2) is 11.2 Å². The molecular formula is C23H21N3O6S. The van der Waals surface area contributed by atoms with Crippen LogP contribution in [0.1, 0.15) is 27.5 Å². The lowest BCUT2D eigenvalue weighted by atomic mass is 9.98. The summed E-state index contributed by atoms with van der Waals surface area (Å²) >= 11 is 1.03. The van der Waals surface area contributed by atoms with Crippen molar-refractivity contribution in [2.24, 2.45) is 0 Å². The van der Waals surface area contributed by atoms with E-state index in [9.17, 15) is 14.4 Å². The molecule has 1 aliphatic rings. The molecule has 0 radical (unpaired) electrons. The Morgan fingerprint density at radius 2 is 1.73 bits per heavy atom. The van der Waals surface area contributed by atoms with Gasteiger partial charge in [-0.25, -0.2) is 14.6 Å². The summed E-state index contributed by atoms with van der Waals surface area (Å²) in [5.41, 5.74) is 4.44.